The van der Waals surface area contributed by atoms with Crippen LogP contribution in [0, 0.1) is 0 Å². The molecule has 2 aromatic carbocycles. The Hall–Kier alpha value is -1.03. The Balaban J connectivity index is 2.17. The van der Waals surface area contributed by atoms with E-state index in [0.29, 0.717) is 11.4 Å². The van der Waals surface area contributed by atoms with E-state index in [1.165, 1.54) is 0 Å². The number of anilines is 1. The van der Waals surface area contributed by atoms with Crippen molar-refractivity contribution in [2.75, 3.05) is 11.9 Å². The lowest BCUT2D eigenvalue weighted by atomic mass is 9.93. The van der Waals surface area contributed by atoms with Crippen molar-refractivity contribution < 1.29 is 5.11 Å². The van der Waals surface area contributed by atoms with E-state index in [0.717, 1.165) is 15.7 Å². The fraction of sp³-hybridized carbons (Fsp3) is 0.250. The molecular formula is C16H17BrClNO. The Labute approximate surface area is 132 Å². The molecule has 106 valence electrons. The molecule has 0 spiro atoms. The molecule has 0 aromatic heterocycles. The highest BCUT2D eigenvalue weighted by Crippen LogP contribution is 2.26. The SMILES string of the molecule is CC(CO)(Cc1ccc(Br)cc1)Nc1ccccc1Cl. The summed E-state index contributed by atoms with van der Waals surface area (Å²) in [5, 5.41) is 13.7. The van der Waals surface area contributed by atoms with Crippen LogP contribution in [0.1, 0.15) is 12.5 Å². The summed E-state index contributed by atoms with van der Waals surface area (Å²) in [5.41, 5.74) is 1.53. The molecule has 0 radical (unpaired) electrons. The Bertz CT molecular complexity index is 573. The van der Waals surface area contributed by atoms with Gasteiger partial charge in [-0.15, -0.1) is 0 Å². The second kappa shape index (κ2) is 6.61. The first kappa shape index (κ1) is 15.4. The van der Waals surface area contributed by atoms with Crippen LogP contribution in [-0.4, -0.2) is 17.3 Å². The number of nitrogens with one attached hydrogen (secondary N) is 1. The first-order valence-corrected chi connectivity index (χ1v) is 7.57. The number of aliphatic hydroxyl groups excluding tert-OH is 1. The predicted octanol–water partition coefficient (Wildman–Crippen LogP) is 4.51. The normalized spacial score (nSPS) is 13.8. The highest BCUT2D eigenvalue weighted by molar-refractivity contribution is 9.10. The van der Waals surface area contributed by atoms with Crippen LogP contribution in [0.15, 0.2) is 53.0 Å². The fourth-order valence-corrected chi connectivity index (χ4v) is 2.53. The first-order chi connectivity index (χ1) is 9.52. The minimum Gasteiger partial charge on any atom is -0.394 e. The minimum atomic E-state index is -0.460. The van der Waals surface area contributed by atoms with Crippen LogP contribution in [0.5, 0.6) is 0 Å². The van der Waals surface area contributed by atoms with Gasteiger partial charge in [0.15, 0.2) is 0 Å². The topological polar surface area (TPSA) is 32.3 Å². The van der Waals surface area contributed by atoms with Crippen molar-refractivity contribution in [1.29, 1.82) is 0 Å². The number of hydrogen-bond acceptors (Lipinski definition) is 2. The average Bonchev–Trinajstić information content (AvgIpc) is 2.44. The Morgan fingerprint density at radius 2 is 1.80 bits per heavy atom. The third kappa shape index (κ3) is 3.98. The average molecular weight is 355 g/mol. The summed E-state index contributed by atoms with van der Waals surface area (Å²) in [7, 11) is 0. The lowest BCUT2D eigenvalue weighted by Gasteiger charge is -2.30. The Morgan fingerprint density at radius 3 is 2.40 bits per heavy atom. The quantitative estimate of drug-likeness (QED) is 0.828. The fourth-order valence-electron chi connectivity index (χ4n) is 2.08. The summed E-state index contributed by atoms with van der Waals surface area (Å²) in [6.45, 7) is 2.01. The molecule has 0 aliphatic heterocycles. The zero-order chi connectivity index (χ0) is 14.6. The zero-order valence-corrected chi connectivity index (χ0v) is 13.6. The molecule has 0 aliphatic rings. The number of hydrogen-bond donors (Lipinski definition) is 2. The molecule has 0 saturated heterocycles. The summed E-state index contributed by atoms with van der Waals surface area (Å²) in [6, 6.07) is 15.7. The molecule has 1 atom stereocenters. The van der Waals surface area contributed by atoms with Gasteiger partial charge in [0.1, 0.15) is 0 Å². The van der Waals surface area contributed by atoms with Gasteiger partial charge in [0.05, 0.1) is 22.9 Å². The molecule has 0 saturated carbocycles. The Kier molecular flexibility index (Phi) is 5.08. The van der Waals surface area contributed by atoms with Crippen molar-refractivity contribution in [3.8, 4) is 0 Å². The largest absolute Gasteiger partial charge is 0.394 e. The van der Waals surface area contributed by atoms with Crippen LogP contribution in [-0.2, 0) is 6.42 Å². The monoisotopic (exact) mass is 353 g/mol. The second-order valence-corrected chi connectivity index (χ2v) is 6.45. The number of aliphatic hydroxyl groups is 1. The van der Waals surface area contributed by atoms with Gasteiger partial charge in [0.2, 0.25) is 0 Å². The predicted molar refractivity (Wildman–Crippen MR) is 88.4 cm³/mol. The third-order valence-electron chi connectivity index (χ3n) is 3.17. The van der Waals surface area contributed by atoms with Crippen LogP contribution >= 0.6 is 27.5 Å². The van der Waals surface area contributed by atoms with E-state index >= 15 is 0 Å². The van der Waals surface area contributed by atoms with E-state index < -0.39 is 5.54 Å². The van der Waals surface area contributed by atoms with E-state index in [-0.39, 0.29) is 6.61 Å². The molecule has 20 heavy (non-hydrogen) atoms. The highest BCUT2D eigenvalue weighted by atomic mass is 79.9. The number of benzene rings is 2. The molecule has 4 heteroatoms. The van der Waals surface area contributed by atoms with Gasteiger partial charge in [-0.2, -0.15) is 0 Å². The van der Waals surface area contributed by atoms with Gasteiger partial charge in [0, 0.05) is 4.47 Å². The minimum absolute atomic E-state index is 0.0221. The number of rotatable bonds is 5. The van der Waals surface area contributed by atoms with Crippen molar-refractivity contribution in [2.24, 2.45) is 0 Å². The number of halogens is 2. The van der Waals surface area contributed by atoms with Gasteiger partial charge in [0.25, 0.3) is 0 Å². The van der Waals surface area contributed by atoms with E-state index in [2.05, 4.69) is 21.2 Å². The Morgan fingerprint density at radius 1 is 1.15 bits per heavy atom. The van der Waals surface area contributed by atoms with E-state index in [4.69, 9.17) is 11.6 Å². The smallest absolute Gasteiger partial charge is 0.0662 e. The molecule has 0 aliphatic carbocycles. The van der Waals surface area contributed by atoms with Crippen LogP contribution in [0.2, 0.25) is 5.02 Å². The summed E-state index contributed by atoms with van der Waals surface area (Å²) in [4.78, 5) is 0. The number of para-hydroxylation sites is 1. The molecular weight excluding hydrogens is 338 g/mol. The summed E-state index contributed by atoms with van der Waals surface area (Å²) < 4.78 is 1.05. The van der Waals surface area contributed by atoms with Gasteiger partial charge in [-0.1, -0.05) is 51.8 Å². The lowest BCUT2D eigenvalue weighted by molar-refractivity contribution is 0.222. The maximum atomic E-state index is 9.74. The van der Waals surface area contributed by atoms with Gasteiger partial charge in [-0.3, -0.25) is 0 Å². The highest BCUT2D eigenvalue weighted by Gasteiger charge is 2.24. The molecule has 1 unspecified atom stereocenters. The standard InChI is InChI=1S/C16H17BrClNO/c1-16(11-20,10-12-6-8-13(17)9-7-12)19-15-5-3-2-4-14(15)18/h2-9,19-20H,10-11H2,1H3. The molecule has 0 fully saturated rings. The van der Waals surface area contributed by atoms with E-state index in [1.54, 1.807) is 0 Å². The van der Waals surface area contributed by atoms with Gasteiger partial charge >= 0.3 is 0 Å². The summed E-state index contributed by atoms with van der Waals surface area (Å²) >= 11 is 9.58. The zero-order valence-electron chi connectivity index (χ0n) is 11.2. The molecule has 2 N–H and O–H groups in total. The lowest BCUT2D eigenvalue weighted by Crippen LogP contribution is -2.41. The van der Waals surface area contributed by atoms with Crippen molar-refractivity contribution in [3.05, 3.63) is 63.6 Å². The van der Waals surface area contributed by atoms with Crippen molar-refractivity contribution in [2.45, 2.75) is 18.9 Å². The molecule has 2 rings (SSSR count). The van der Waals surface area contributed by atoms with Crippen molar-refractivity contribution in [1.82, 2.24) is 0 Å². The molecule has 0 heterocycles. The van der Waals surface area contributed by atoms with Gasteiger partial charge in [-0.05, 0) is 43.2 Å². The second-order valence-electron chi connectivity index (χ2n) is 5.13. The molecule has 0 amide bonds. The van der Waals surface area contributed by atoms with Crippen molar-refractivity contribution >= 4 is 33.2 Å². The van der Waals surface area contributed by atoms with Crippen LogP contribution < -0.4 is 5.32 Å². The molecule has 2 aromatic rings. The third-order valence-corrected chi connectivity index (χ3v) is 4.03. The summed E-state index contributed by atoms with van der Waals surface area (Å²) in [5.74, 6) is 0. The van der Waals surface area contributed by atoms with Gasteiger partial charge < -0.3 is 10.4 Å². The molecule has 2 nitrogen and oxygen atoms in total. The van der Waals surface area contributed by atoms with E-state index in [1.807, 2.05) is 55.5 Å². The van der Waals surface area contributed by atoms with Crippen LogP contribution in [0.25, 0.3) is 0 Å². The van der Waals surface area contributed by atoms with E-state index in [9.17, 15) is 5.11 Å². The molecule has 0 bridgehead atoms. The first-order valence-electron chi connectivity index (χ1n) is 6.40. The van der Waals surface area contributed by atoms with Crippen LogP contribution in [0.4, 0.5) is 5.69 Å². The maximum absolute atomic E-state index is 9.74. The van der Waals surface area contributed by atoms with Gasteiger partial charge in [-0.25, -0.2) is 0 Å². The van der Waals surface area contributed by atoms with Crippen LogP contribution in [0.3, 0.4) is 0 Å². The maximum Gasteiger partial charge on any atom is 0.0662 e. The van der Waals surface area contributed by atoms with Crippen molar-refractivity contribution in [3.63, 3.8) is 0 Å². The summed E-state index contributed by atoms with van der Waals surface area (Å²) in [6.07, 6.45) is 0.710.